The molecule has 174 valence electrons. The third-order valence-electron chi connectivity index (χ3n) is 5.47. The summed E-state index contributed by atoms with van der Waals surface area (Å²) < 4.78 is 13.1. The Kier molecular flexibility index (Phi) is 5.92. The van der Waals surface area contributed by atoms with Gasteiger partial charge in [-0.2, -0.15) is 4.98 Å². The lowest BCUT2D eigenvalue weighted by atomic mass is 9.96. The van der Waals surface area contributed by atoms with E-state index in [1.807, 2.05) is 0 Å². The van der Waals surface area contributed by atoms with Gasteiger partial charge in [-0.25, -0.2) is 4.98 Å². The van der Waals surface area contributed by atoms with E-state index in [0.29, 0.717) is 17.6 Å². The summed E-state index contributed by atoms with van der Waals surface area (Å²) >= 11 is 0. The zero-order valence-electron chi connectivity index (χ0n) is 19.4. The normalized spacial score (nSPS) is 21.7. The predicted molar refractivity (Wildman–Crippen MR) is 119 cm³/mol. The van der Waals surface area contributed by atoms with Crippen LogP contribution >= 0.6 is 0 Å². The maximum Gasteiger partial charge on any atom is 0.311 e. The molecule has 1 aliphatic rings. The summed E-state index contributed by atoms with van der Waals surface area (Å²) in [4.78, 5) is 47.9. The molecule has 3 N–H and O–H groups in total. The fourth-order valence-corrected chi connectivity index (χ4v) is 3.53. The molecule has 0 aromatic carbocycles. The lowest BCUT2D eigenvalue weighted by Gasteiger charge is -2.25. The van der Waals surface area contributed by atoms with Gasteiger partial charge in [-0.1, -0.05) is 6.58 Å². The number of esters is 2. The third-order valence-corrected chi connectivity index (χ3v) is 5.47. The fraction of sp³-hybridized carbons (Fsp3) is 0.591. The number of imidazole rings is 1. The van der Waals surface area contributed by atoms with Crippen LogP contribution in [0.25, 0.3) is 11.2 Å². The van der Waals surface area contributed by atoms with Crippen LogP contribution in [0.15, 0.2) is 23.3 Å². The number of fused-ring (bicyclic) bond motifs is 1. The first kappa shape index (κ1) is 23.5. The van der Waals surface area contributed by atoms with Crippen LogP contribution in [0, 0.1) is 16.7 Å². The molecule has 3 rings (SSSR count). The Morgan fingerprint density at radius 2 is 1.84 bits per heavy atom. The highest BCUT2D eigenvalue weighted by Crippen LogP contribution is 2.42. The first-order chi connectivity index (χ1) is 14.7. The zero-order chi connectivity index (χ0) is 24.0. The predicted octanol–water partition coefficient (Wildman–Crippen LogP) is 2.37. The minimum atomic E-state index is -0.697. The van der Waals surface area contributed by atoms with Gasteiger partial charge in [-0.15, -0.1) is 0 Å². The average Bonchev–Trinajstić information content (AvgIpc) is 3.19. The number of carbonyl (C=O) groups excluding carboxylic acids is 2. The van der Waals surface area contributed by atoms with Crippen LogP contribution in [0.1, 0.15) is 54.0 Å². The molecule has 0 amide bonds. The van der Waals surface area contributed by atoms with E-state index in [9.17, 15) is 14.4 Å². The molecule has 2 aromatic heterocycles. The van der Waals surface area contributed by atoms with Gasteiger partial charge in [-0.05, 0) is 47.1 Å². The standard InChI is InChI=1S/C22H31N5O5/c1-11-12(9-31-18(29)21(2,3)4)14(32-19(30)22(5,6)7)8-13(11)27-10-24-15-16(27)25-20(23)26-17(15)28/h10,12-14H,1,8-9H2,2-7H3,(H3,23,25,26,28). The highest BCUT2D eigenvalue weighted by atomic mass is 16.6. The topological polar surface area (TPSA) is 142 Å². The zero-order valence-corrected chi connectivity index (χ0v) is 19.4. The Labute approximate surface area is 186 Å². The van der Waals surface area contributed by atoms with Gasteiger partial charge in [0, 0.05) is 6.42 Å². The van der Waals surface area contributed by atoms with Crippen LogP contribution in [0.3, 0.4) is 0 Å². The van der Waals surface area contributed by atoms with Gasteiger partial charge < -0.3 is 19.8 Å². The molecule has 10 heteroatoms. The van der Waals surface area contributed by atoms with Crippen molar-refractivity contribution in [2.75, 3.05) is 12.3 Å². The summed E-state index contributed by atoms with van der Waals surface area (Å²) in [6, 6.07) is -0.371. The van der Waals surface area contributed by atoms with Gasteiger partial charge in [0.2, 0.25) is 5.95 Å². The number of carbonyl (C=O) groups is 2. The summed E-state index contributed by atoms with van der Waals surface area (Å²) in [7, 11) is 0. The lowest BCUT2D eigenvalue weighted by molar-refractivity contribution is -0.163. The Morgan fingerprint density at radius 3 is 2.44 bits per heavy atom. The molecule has 3 atom stereocenters. The minimum absolute atomic E-state index is 0.0241. The smallest absolute Gasteiger partial charge is 0.311 e. The van der Waals surface area contributed by atoms with Gasteiger partial charge in [0.25, 0.3) is 5.56 Å². The molecule has 0 radical (unpaired) electrons. The van der Waals surface area contributed by atoms with E-state index in [0.717, 1.165) is 0 Å². The van der Waals surface area contributed by atoms with Gasteiger partial charge in [0.05, 0.1) is 29.1 Å². The molecule has 3 unspecified atom stereocenters. The van der Waals surface area contributed by atoms with Crippen LogP contribution < -0.4 is 11.3 Å². The molecule has 10 nitrogen and oxygen atoms in total. The van der Waals surface area contributed by atoms with Gasteiger partial charge in [-0.3, -0.25) is 19.4 Å². The third kappa shape index (κ3) is 4.53. The molecule has 1 fully saturated rings. The van der Waals surface area contributed by atoms with E-state index in [2.05, 4.69) is 21.5 Å². The van der Waals surface area contributed by atoms with Gasteiger partial charge >= 0.3 is 11.9 Å². The van der Waals surface area contributed by atoms with E-state index >= 15 is 0 Å². The summed E-state index contributed by atoms with van der Waals surface area (Å²) in [5, 5.41) is 0. The van der Waals surface area contributed by atoms with E-state index in [1.54, 1.807) is 46.1 Å². The maximum atomic E-state index is 12.6. The van der Waals surface area contributed by atoms with Crippen LogP contribution in [0.4, 0.5) is 5.95 Å². The number of hydrogen-bond donors (Lipinski definition) is 2. The summed E-state index contributed by atoms with van der Waals surface area (Å²) in [5.74, 6) is -1.17. The van der Waals surface area contributed by atoms with Crippen LogP contribution in [-0.4, -0.2) is 44.2 Å². The van der Waals surface area contributed by atoms with Crippen LogP contribution in [0.2, 0.25) is 0 Å². The number of H-pyrrole nitrogens is 1. The number of nitrogens with one attached hydrogen (secondary N) is 1. The number of nitrogen functional groups attached to an aromatic ring is 1. The molecule has 1 aliphatic carbocycles. The highest BCUT2D eigenvalue weighted by molar-refractivity contribution is 5.76. The summed E-state index contributed by atoms with van der Waals surface area (Å²) in [6.45, 7) is 14.9. The quantitative estimate of drug-likeness (QED) is 0.539. The van der Waals surface area contributed by atoms with Gasteiger partial charge in [0.1, 0.15) is 12.7 Å². The Hall–Kier alpha value is -3.17. The number of hydrogen-bond acceptors (Lipinski definition) is 8. The molecular formula is C22H31N5O5. The first-order valence-electron chi connectivity index (χ1n) is 10.5. The van der Waals surface area contributed by atoms with E-state index < -0.39 is 28.4 Å². The maximum absolute atomic E-state index is 12.6. The van der Waals surface area contributed by atoms with Crippen molar-refractivity contribution in [3.05, 3.63) is 28.8 Å². The second kappa shape index (κ2) is 8.07. The number of nitrogens with two attached hydrogens (primary N) is 1. The van der Waals surface area contributed by atoms with Crippen molar-refractivity contribution in [3.8, 4) is 0 Å². The SMILES string of the molecule is C=C1C(COC(=O)C(C)(C)C)C(OC(=O)C(C)(C)C)CC1n1cnc2c(=O)[nH]c(N)nc21. The molecule has 1 saturated carbocycles. The van der Waals surface area contributed by atoms with Crippen LogP contribution in [0.5, 0.6) is 0 Å². The second-order valence-electron chi connectivity index (χ2n) is 10.3. The fourth-order valence-electron chi connectivity index (χ4n) is 3.53. The van der Waals surface area contributed by atoms with Crippen molar-refractivity contribution < 1.29 is 19.1 Å². The Bertz CT molecular complexity index is 1120. The molecule has 0 saturated heterocycles. The Morgan fingerprint density at radius 1 is 1.22 bits per heavy atom. The van der Waals surface area contributed by atoms with E-state index in [1.165, 1.54) is 6.33 Å². The number of aromatic nitrogens is 4. The number of rotatable bonds is 4. The van der Waals surface area contributed by atoms with Crippen LogP contribution in [-0.2, 0) is 19.1 Å². The number of anilines is 1. The second-order valence-corrected chi connectivity index (χ2v) is 10.3. The number of nitrogens with zero attached hydrogens (tertiary/aromatic N) is 3. The largest absolute Gasteiger partial charge is 0.464 e. The molecular weight excluding hydrogens is 414 g/mol. The number of aromatic amines is 1. The van der Waals surface area contributed by atoms with E-state index in [4.69, 9.17) is 15.2 Å². The van der Waals surface area contributed by atoms with Crippen molar-refractivity contribution in [3.63, 3.8) is 0 Å². The summed E-state index contributed by atoms with van der Waals surface area (Å²) in [5.41, 5.74) is 5.07. The highest BCUT2D eigenvalue weighted by Gasteiger charge is 2.44. The Balaban J connectivity index is 1.94. The average molecular weight is 446 g/mol. The molecule has 2 aromatic rings. The first-order valence-corrected chi connectivity index (χ1v) is 10.5. The number of ether oxygens (including phenoxy) is 2. The van der Waals surface area contributed by atoms with Crippen molar-refractivity contribution in [1.82, 2.24) is 19.5 Å². The van der Waals surface area contributed by atoms with Crippen molar-refractivity contribution in [2.45, 2.75) is 60.1 Å². The lowest BCUT2D eigenvalue weighted by Crippen LogP contribution is -2.33. The monoisotopic (exact) mass is 445 g/mol. The molecule has 2 heterocycles. The molecule has 32 heavy (non-hydrogen) atoms. The van der Waals surface area contributed by atoms with E-state index in [-0.39, 0.29) is 36.1 Å². The van der Waals surface area contributed by atoms with Crippen molar-refractivity contribution in [2.24, 2.45) is 16.7 Å². The minimum Gasteiger partial charge on any atom is -0.464 e. The summed E-state index contributed by atoms with van der Waals surface area (Å²) in [6.07, 6.45) is 1.30. The van der Waals surface area contributed by atoms with Crippen molar-refractivity contribution >= 4 is 29.1 Å². The molecule has 0 spiro atoms. The molecule has 0 aliphatic heterocycles. The molecule has 0 bridgehead atoms. The van der Waals surface area contributed by atoms with Gasteiger partial charge in [0.15, 0.2) is 11.2 Å². The van der Waals surface area contributed by atoms with Crippen molar-refractivity contribution in [1.29, 1.82) is 0 Å².